The van der Waals surface area contributed by atoms with E-state index in [1.807, 2.05) is 49.1 Å². The van der Waals surface area contributed by atoms with Crippen molar-refractivity contribution in [3.05, 3.63) is 47.8 Å². The van der Waals surface area contributed by atoms with Crippen LogP contribution in [-0.4, -0.2) is 47.1 Å². The van der Waals surface area contributed by atoms with Crippen molar-refractivity contribution >= 4 is 17.7 Å². The maximum Gasteiger partial charge on any atom is 0.323 e. The molecule has 1 fully saturated rings. The predicted octanol–water partition coefficient (Wildman–Crippen LogP) is 2.45. The number of urea groups is 1. The Morgan fingerprint density at radius 3 is 2.57 bits per heavy atom. The lowest BCUT2D eigenvalue weighted by Gasteiger charge is -2.35. The Kier molecular flexibility index (Phi) is 4.41. The van der Waals surface area contributed by atoms with Crippen molar-refractivity contribution in [1.82, 2.24) is 14.9 Å². The molecule has 0 atom stereocenters. The third kappa shape index (κ3) is 3.77. The Morgan fingerprint density at radius 1 is 1.13 bits per heavy atom. The summed E-state index contributed by atoms with van der Waals surface area (Å²) in [6.45, 7) is 6.83. The van der Waals surface area contributed by atoms with Gasteiger partial charge in [0.15, 0.2) is 0 Å². The molecule has 0 saturated carbocycles. The first kappa shape index (κ1) is 15.3. The quantitative estimate of drug-likeness (QED) is 0.925. The molecule has 120 valence electrons. The zero-order valence-electron chi connectivity index (χ0n) is 13.5. The van der Waals surface area contributed by atoms with Crippen molar-refractivity contribution in [2.24, 2.45) is 0 Å². The molecule has 0 aromatic carbocycles. The number of carbonyl (C=O) groups is 1. The zero-order valence-corrected chi connectivity index (χ0v) is 13.5. The Morgan fingerprint density at radius 2 is 1.91 bits per heavy atom. The van der Waals surface area contributed by atoms with Crippen LogP contribution in [0, 0.1) is 13.8 Å². The maximum atomic E-state index is 12.4. The molecule has 0 aliphatic carbocycles. The van der Waals surface area contributed by atoms with Crippen LogP contribution in [0.3, 0.4) is 0 Å². The second-order valence-electron chi connectivity index (χ2n) is 5.76. The second-order valence-corrected chi connectivity index (χ2v) is 5.76. The van der Waals surface area contributed by atoms with Gasteiger partial charge in [0.05, 0.1) is 0 Å². The lowest BCUT2D eigenvalue weighted by atomic mass is 10.2. The first-order chi connectivity index (χ1) is 11.1. The highest BCUT2D eigenvalue weighted by atomic mass is 16.2. The van der Waals surface area contributed by atoms with Crippen molar-refractivity contribution in [3.63, 3.8) is 0 Å². The minimum atomic E-state index is -0.0943. The summed E-state index contributed by atoms with van der Waals surface area (Å²) in [4.78, 5) is 25.1. The zero-order chi connectivity index (χ0) is 16.2. The topological polar surface area (TPSA) is 61.4 Å². The van der Waals surface area contributed by atoms with Gasteiger partial charge in [0.1, 0.15) is 11.6 Å². The molecule has 2 aromatic heterocycles. The number of hydrogen-bond donors (Lipinski definition) is 1. The lowest BCUT2D eigenvalue weighted by Crippen LogP contribution is -2.50. The van der Waals surface area contributed by atoms with Crippen molar-refractivity contribution < 1.29 is 4.79 Å². The van der Waals surface area contributed by atoms with Crippen LogP contribution in [0.5, 0.6) is 0 Å². The van der Waals surface area contributed by atoms with E-state index in [4.69, 9.17) is 0 Å². The first-order valence-corrected chi connectivity index (χ1v) is 7.79. The Hall–Kier alpha value is -2.63. The molecule has 3 rings (SSSR count). The summed E-state index contributed by atoms with van der Waals surface area (Å²) in [5, 5.41) is 2.89. The first-order valence-electron chi connectivity index (χ1n) is 7.79. The van der Waals surface area contributed by atoms with E-state index in [9.17, 15) is 4.79 Å². The fourth-order valence-electron chi connectivity index (χ4n) is 2.77. The van der Waals surface area contributed by atoms with Gasteiger partial charge in [-0.3, -0.25) is 5.32 Å². The van der Waals surface area contributed by atoms with Gasteiger partial charge in [-0.25, -0.2) is 14.8 Å². The smallest absolute Gasteiger partial charge is 0.323 e. The number of amides is 2. The van der Waals surface area contributed by atoms with E-state index in [0.717, 1.165) is 30.2 Å². The van der Waals surface area contributed by atoms with Crippen LogP contribution in [0.1, 0.15) is 11.3 Å². The summed E-state index contributed by atoms with van der Waals surface area (Å²) in [6.07, 6.45) is 1.79. The summed E-state index contributed by atoms with van der Waals surface area (Å²) in [6, 6.07) is 9.66. The number of anilines is 2. The van der Waals surface area contributed by atoms with E-state index in [1.165, 1.54) is 0 Å². The monoisotopic (exact) mass is 311 g/mol. The van der Waals surface area contributed by atoms with E-state index in [1.54, 1.807) is 6.20 Å². The molecule has 23 heavy (non-hydrogen) atoms. The highest BCUT2D eigenvalue weighted by Gasteiger charge is 2.22. The van der Waals surface area contributed by atoms with E-state index >= 15 is 0 Å². The van der Waals surface area contributed by atoms with Gasteiger partial charge >= 0.3 is 6.03 Å². The molecule has 1 saturated heterocycles. The van der Waals surface area contributed by atoms with Crippen molar-refractivity contribution in [1.29, 1.82) is 0 Å². The molecule has 1 N–H and O–H groups in total. The maximum absolute atomic E-state index is 12.4. The van der Waals surface area contributed by atoms with Gasteiger partial charge in [0.25, 0.3) is 0 Å². The van der Waals surface area contributed by atoms with E-state index in [2.05, 4.69) is 20.2 Å². The van der Waals surface area contributed by atoms with Crippen molar-refractivity contribution in [2.45, 2.75) is 13.8 Å². The highest BCUT2D eigenvalue weighted by Crippen LogP contribution is 2.14. The fraction of sp³-hybridized carbons (Fsp3) is 0.353. The SMILES string of the molecule is Cc1cc(C)nc(NC(=O)N2CCN(c3ccccn3)CC2)c1. The molecule has 0 unspecified atom stereocenters. The Balaban J connectivity index is 1.58. The number of carbonyl (C=O) groups excluding carboxylic acids is 1. The molecular weight excluding hydrogens is 290 g/mol. The number of nitrogens with one attached hydrogen (secondary N) is 1. The van der Waals surface area contributed by atoms with Gasteiger partial charge in [0.2, 0.25) is 0 Å². The van der Waals surface area contributed by atoms with Gasteiger partial charge in [0, 0.05) is 38.1 Å². The number of rotatable bonds is 2. The molecular formula is C17H21N5O. The third-order valence-electron chi connectivity index (χ3n) is 3.87. The van der Waals surface area contributed by atoms with Crippen LogP contribution in [0.15, 0.2) is 36.5 Å². The van der Waals surface area contributed by atoms with Gasteiger partial charge in [-0.1, -0.05) is 6.07 Å². The minimum Gasteiger partial charge on any atom is -0.353 e. The minimum absolute atomic E-state index is 0.0943. The lowest BCUT2D eigenvalue weighted by molar-refractivity contribution is 0.208. The molecule has 2 aromatic rings. The number of aromatic nitrogens is 2. The summed E-state index contributed by atoms with van der Waals surface area (Å²) < 4.78 is 0. The van der Waals surface area contributed by atoms with Crippen molar-refractivity contribution in [2.75, 3.05) is 36.4 Å². The normalized spacial score (nSPS) is 14.7. The van der Waals surface area contributed by atoms with Crippen LogP contribution in [0.25, 0.3) is 0 Å². The van der Waals surface area contributed by atoms with E-state index in [0.29, 0.717) is 18.9 Å². The molecule has 2 amide bonds. The predicted molar refractivity (Wildman–Crippen MR) is 90.8 cm³/mol. The number of pyridine rings is 2. The highest BCUT2D eigenvalue weighted by molar-refractivity contribution is 5.88. The molecule has 1 aliphatic heterocycles. The van der Waals surface area contributed by atoms with Gasteiger partial charge in [-0.15, -0.1) is 0 Å². The molecule has 6 heteroatoms. The molecule has 0 radical (unpaired) electrons. The van der Waals surface area contributed by atoms with Crippen LogP contribution in [-0.2, 0) is 0 Å². The second kappa shape index (κ2) is 6.64. The molecule has 0 bridgehead atoms. The van der Waals surface area contributed by atoms with Gasteiger partial charge < -0.3 is 9.80 Å². The Bertz CT molecular complexity index is 660. The van der Waals surface area contributed by atoms with E-state index < -0.39 is 0 Å². The fourth-order valence-corrected chi connectivity index (χ4v) is 2.77. The summed E-state index contributed by atoms with van der Waals surface area (Å²) in [7, 11) is 0. The largest absolute Gasteiger partial charge is 0.353 e. The van der Waals surface area contributed by atoms with Gasteiger partial charge in [-0.2, -0.15) is 0 Å². The van der Waals surface area contributed by atoms with Crippen LogP contribution < -0.4 is 10.2 Å². The van der Waals surface area contributed by atoms with E-state index in [-0.39, 0.29) is 6.03 Å². The Labute approximate surface area is 136 Å². The third-order valence-corrected chi connectivity index (χ3v) is 3.87. The molecule has 3 heterocycles. The van der Waals surface area contributed by atoms with Crippen LogP contribution in [0.2, 0.25) is 0 Å². The van der Waals surface area contributed by atoms with Gasteiger partial charge in [-0.05, 0) is 43.7 Å². The standard InChI is InChI=1S/C17H21N5O/c1-13-11-14(2)19-15(12-13)20-17(23)22-9-7-21(8-10-22)16-5-3-4-6-18-16/h3-6,11-12H,7-10H2,1-2H3,(H,19,20,23). The summed E-state index contributed by atoms with van der Waals surface area (Å²) >= 11 is 0. The average molecular weight is 311 g/mol. The number of hydrogen-bond acceptors (Lipinski definition) is 4. The molecule has 0 spiro atoms. The molecule has 6 nitrogen and oxygen atoms in total. The van der Waals surface area contributed by atoms with Crippen LogP contribution in [0.4, 0.5) is 16.4 Å². The van der Waals surface area contributed by atoms with Crippen molar-refractivity contribution in [3.8, 4) is 0 Å². The number of nitrogens with zero attached hydrogens (tertiary/aromatic N) is 4. The molecule has 1 aliphatic rings. The number of piperazine rings is 1. The summed E-state index contributed by atoms with van der Waals surface area (Å²) in [5.74, 6) is 1.57. The summed E-state index contributed by atoms with van der Waals surface area (Å²) in [5.41, 5.74) is 1.99. The average Bonchev–Trinajstić information content (AvgIpc) is 2.55. The number of aryl methyl sites for hydroxylation is 2. The van der Waals surface area contributed by atoms with Crippen LogP contribution >= 0.6 is 0 Å².